The molecule has 0 atom stereocenters. The Kier molecular flexibility index (Phi) is 8.87. The average molecular weight is 696 g/mol. The third kappa shape index (κ3) is 6.95. The Morgan fingerprint density at radius 1 is 0.653 bits per heavy atom. The summed E-state index contributed by atoms with van der Waals surface area (Å²) in [5, 5.41) is 0. The van der Waals surface area contributed by atoms with E-state index in [1.54, 1.807) is 27.7 Å². The molecule has 4 aromatic rings. The van der Waals surface area contributed by atoms with Crippen LogP contribution in [0.4, 0.5) is 11.4 Å². The van der Waals surface area contributed by atoms with Crippen LogP contribution >= 0.6 is 0 Å². The maximum atomic E-state index is 12.2. The Balaban J connectivity index is 1.36. The minimum atomic E-state index is -4.37. The molecule has 49 heavy (non-hydrogen) atoms. The summed E-state index contributed by atoms with van der Waals surface area (Å²) in [4.78, 5) is 1.63. The Morgan fingerprint density at radius 3 is 1.80 bits per heavy atom. The first-order valence-electron chi connectivity index (χ1n) is 15.8. The molecule has 0 amide bonds. The number of anilines is 1. The van der Waals surface area contributed by atoms with E-state index in [0.29, 0.717) is 22.8 Å². The van der Waals surface area contributed by atoms with Gasteiger partial charge in [0.15, 0.2) is 11.6 Å². The lowest BCUT2D eigenvalue weighted by Crippen LogP contribution is -2.30. The van der Waals surface area contributed by atoms with E-state index in [1.165, 1.54) is 0 Å². The van der Waals surface area contributed by atoms with E-state index in [-0.39, 0.29) is 0 Å². The molecule has 8 nitrogen and oxygen atoms in total. The highest BCUT2D eigenvalue weighted by atomic mass is 32.2. The van der Waals surface area contributed by atoms with Crippen molar-refractivity contribution in [3.63, 3.8) is 0 Å². The van der Waals surface area contributed by atoms with Gasteiger partial charge in [-0.1, -0.05) is 117 Å². The van der Waals surface area contributed by atoms with Crippen LogP contribution in [0.15, 0.2) is 133 Å². The zero-order valence-electron chi connectivity index (χ0n) is 27.8. The molecule has 252 valence electrons. The quantitative estimate of drug-likeness (QED) is 0.104. The fraction of sp³-hybridized carbons (Fsp3) is 0.205. The highest BCUT2D eigenvalue weighted by Gasteiger charge is 2.46. The van der Waals surface area contributed by atoms with Crippen molar-refractivity contribution in [3.05, 3.63) is 144 Å². The van der Waals surface area contributed by atoms with Crippen molar-refractivity contribution in [2.45, 2.75) is 38.5 Å². The number of fused-ring (bicyclic) bond motifs is 2. The van der Waals surface area contributed by atoms with Crippen LogP contribution in [-0.2, 0) is 31.1 Å². The molecule has 0 radical (unpaired) electrons. The van der Waals surface area contributed by atoms with Gasteiger partial charge in [0, 0.05) is 34.5 Å². The second-order valence-corrected chi connectivity index (χ2v) is 16.2. The van der Waals surface area contributed by atoms with E-state index in [0.717, 1.165) is 33.4 Å². The number of hydrogen-bond donors (Lipinski definition) is 2. The van der Waals surface area contributed by atoms with Gasteiger partial charge < -0.3 is 4.90 Å². The molecule has 6 rings (SSSR count). The minimum absolute atomic E-state index is 0.574. The van der Waals surface area contributed by atoms with Crippen molar-refractivity contribution in [2.24, 2.45) is 0 Å². The van der Waals surface area contributed by atoms with Crippen molar-refractivity contribution in [1.29, 1.82) is 0 Å². The summed E-state index contributed by atoms with van der Waals surface area (Å²) in [6, 6.07) is 31.5. The van der Waals surface area contributed by atoms with Gasteiger partial charge in [0.1, 0.15) is 0 Å². The summed E-state index contributed by atoms with van der Waals surface area (Å²) in [6.45, 7) is 8.05. The first-order valence-corrected chi connectivity index (χ1v) is 19.1. The summed E-state index contributed by atoms with van der Waals surface area (Å²) < 4.78 is 70.3. The third-order valence-corrected chi connectivity index (χ3v) is 10.5. The van der Waals surface area contributed by atoms with Crippen LogP contribution in [-0.4, -0.2) is 48.0 Å². The summed E-state index contributed by atoms with van der Waals surface area (Å²) in [6.07, 6.45) is 9.05. The number of rotatable bonds is 9. The molecule has 0 saturated carbocycles. The van der Waals surface area contributed by atoms with E-state index in [4.69, 9.17) is 0 Å². The number of benzene rings is 4. The molecular weight excluding hydrogens is 657 g/mol. The largest absolute Gasteiger partial charge is 0.327 e. The number of allylic oxidation sites excluding steroid dienone is 6. The first-order chi connectivity index (χ1) is 23.1. The molecule has 4 aromatic carbocycles. The van der Waals surface area contributed by atoms with E-state index >= 15 is 0 Å². The van der Waals surface area contributed by atoms with Gasteiger partial charge in [0.2, 0.25) is 5.69 Å². The lowest BCUT2D eigenvalue weighted by Gasteiger charge is -2.25. The van der Waals surface area contributed by atoms with Crippen molar-refractivity contribution in [2.75, 3.05) is 16.7 Å². The molecule has 0 saturated heterocycles. The lowest BCUT2D eigenvalue weighted by atomic mass is 9.81. The summed E-state index contributed by atoms with van der Waals surface area (Å²) in [5.74, 6) is -1.20. The fourth-order valence-electron chi connectivity index (χ4n) is 6.96. The lowest BCUT2D eigenvalue weighted by molar-refractivity contribution is -0.415. The smallest absolute Gasteiger partial charge is 0.326 e. The summed E-state index contributed by atoms with van der Waals surface area (Å²) >= 11 is 0. The molecule has 2 aliphatic heterocycles. The van der Waals surface area contributed by atoms with Gasteiger partial charge in [-0.2, -0.15) is 21.4 Å². The zero-order valence-corrected chi connectivity index (χ0v) is 29.4. The molecular formula is C39H39N2O6S2+. The van der Waals surface area contributed by atoms with Crippen LogP contribution in [0.2, 0.25) is 0 Å². The van der Waals surface area contributed by atoms with Crippen LogP contribution in [0.25, 0.3) is 22.3 Å². The van der Waals surface area contributed by atoms with Gasteiger partial charge in [0.05, 0.1) is 5.41 Å². The van der Waals surface area contributed by atoms with Gasteiger partial charge in [-0.15, -0.1) is 0 Å². The van der Waals surface area contributed by atoms with Crippen LogP contribution in [0, 0.1) is 0 Å². The van der Waals surface area contributed by atoms with Crippen LogP contribution in [0.5, 0.6) is 0 Å². The second-order valence-electron chi connectivity index (χ2n) is 13.4. The number of hydrogen-bond acceptors (Lipinski definition) is 5. The summed E-state index contributed by atoms with van der Waals surface area (Å²) in [5.41, 5.74) is 7.35. The Labute approximate surface area is 288 Å². The van der Waals surface area contributed by atoms with E-state index in [2.05, 4.69) is 0 Å². The van der Waals surface area contributed by atoms with Gasteiger partial charge in [0.25, 0.3) is 16.0 Å². The van der Waals surface area contributed by atoms with Crippen molar-refractivity contribution in [1.82, 2.24) is 0 Å². The van der Waals surface area contributed by atoms with Gasteiger partial charge in [-0.25, -0.2) is 0 Å². The van der Waals surface area contributed by atoms with Crippen molar-refractivity contribution >= 4 is 37.3 Å². The molecule has 0 unspecified atom stereocenters. The fourth-order valence-corrected chi connectivity index (χ4v) is 8.17. The predicted octanol–water partition coefficient (Wildman–Crippen LogP) is 7.88. The maximum Gasteiger partial charge on any atom is 0.326 e. The third-order valence-electron chi connectivity index (χ3n) is 9.32. The topological polar surface area (TPSA) is 115 Å². The molecule has 0 aliphatic carbocycles. The first kappa shape index (κ1) is 34.3. The highest BCUT2D eigenvalue weighted by molar-refractivity contribution is 7.86. The Hall–Kier alpha value is -4.61. The zero-order chi connectivity index (χ0) is 35.2. The normalized spacial score (nSPS) is 17.8. The van der Waals surface area contributed by atoms with Crippen molar-refractivity contribution in [3.8, 4) is 22.3 Å². The molecule has 0 fully saturated rings. The molecule has 2 N–H and O–H groups in total. The van der Waals surface area contributed by atoms with E-state index in [9.17, 15) is 25.9 Å². The Morgan fingerprint density at radius 2 is 1.22 bits per heavy atom. The van der Waals surface area contributed by atoms with Gasteiger partial charge in [-0.05, 0) is 53.8 Å². The highest BCUT2D eigenvalue weighted by Crippen LogP contribution is 2.49. The predicted molar refractivity (Wildman–Crippen MR) is 196 cm³/mol. The molecule has 2 heterocycles. The molecule has 10 heteroatoms. The average Bonchev–Trinajstić information content (AvgIpc) is 3.37. The van der Waals surface area contributed by atoms with Gasteiger partial charge in [-0.3, -0.25) is 9.11 Å². The SMILES string of the molecule is CC1(C)C(=CC=CC=CC2=[N+](CS(=O)(=O)O)c3cc(-c4ccccc4)ccc3C2(C)C)N(CS(=O)(=O)O)c2cc(-c3ccccc3)ccc21. The molecule has 0 bridgehead atoms. The summed E-state index contributed by atoms with van der Waals surface area (Å²) in [7, 11) is -8.74. The van der Waals surface area contributed by atoms with E-state index < -0.39 is 42.8 Å². The van der Waals surface area contributed by atoms with Crippen molar-refractivity contribution < 1.29 is 30.5 Å². The minimum Gasteiger partial charge on any atom is -0.327 e. The molecule has 0 aromatic heterocycles. The number of nitrogens with zero attached hydrogens (tertiary/aromatic N) is 2. The second kappa shape index (κ2) is 12.7. The van der Waals surface area contributed by atoms with Gasteiger partial charge >= 0.3 is 10.1 Å². The maximum absolute atomic E-state index is 12.2. The van der Waals surface area contributed by atoms with Crippen LogP contribution in [0.1, 0.15) is 38.8 Å². The molecule has 0 spiro atoms. The van der Waals surface area contributed by atoms with Crippen LogP contribution in [0.3, 0.4) is 0 Å². The van der Waals surface area contributed by atoms with Crippen LogP contribution < -0.4 is 4.90 Å². The monoisotopic (exact) mass is 695 g/mol. The van der Waals surface area contributed by atoms with E-state index in [1.807, 2.05) is 137 Å². The molecule has 2 aliphatic rings. The Bertz CT molecular complexity index is 2270. The standard InChI is InChI=1S/C39H38N2O6S2/c1-38(2)32-22-20-30(28-14-8-5-9-15-28)24-34(32)40(26-48(42,43)44)36(38)18-12-7-13-19-37-39(3,4)33-23-21-31(29-16-10-6-11-17-29)25-35(33)41(37)27-49(45,46)47/h5-25H,26-27H2,1-4H3,(H-,42,43,44,45,46,47)/p+1.